The van der Waals surface area contributed by atoms with Gasteiger partial charge in [-0.1, -0.05) is 250 Å². The van der Waals surface area contributed by atoms with Crippen molar-refractivity contribution in [3.05, 3.63) is 24.3 Å². The first kappa shape index (κ1) is 63.3. The van der Waals surface area contributed by atoms with Crippen LogP contribution >= 0.6 is 0 Å². The zero-order valence-electron chi connectivity index (χ0n) is 43.7. The van der Waals surface area contributed by atoms with E-state index in [2.05, 4.69) is 43.5 Å². The number of aliphatic hydroxyl groups excluding tert-OH is 2. The number of ether oxygens (including phenoxy) is 1. The van der Waals surface area contributed by atoms with E-state index in [4.69, 9.17) is 4.74 Å². The summed E-state index contributed by atoms with van der Waals surface area (Å²) in [4.78, 5) is 24.5. The van der Waals surface area contributed by atoms with Crippen molar-refractivity contribution < 1.29 is 24.5 Å². The van der Waals surface area contributed by atoms with E-state index >= 15 is 0 Å². The zero-order valence-corrected chi connectivity index (χ0v) is 43.7. The average molecular weight is 917 g/mol. The lowest BCUT2D eigenvalue weighted by Gasteiger charge is -2.22. The molecule has 0 saturated carbocycles. The van der Waals surface area contributed by atoms with Crippen LogP contribution in [0, 0.1) is 0 Å². The highest BCUT2D eigenvalue weighted by molar-refractivity contribution is 5.76. The minimum atomic E-state index is -0.675. The van der Waals surface area contributed by atoms with Gasteiger partial charge in [0.15, 0.2) is 0 Å². The molecule has 6 heteroatoms. The lowest BCUT2D eigenvalue weighted by molar-refractivity contribution is -0.143. The van der Waals surface area contributed by atoms with Crippen molar-refractivity contribution in [1.29, 1.82) is 0 Å². The van der Waals surface area contributed by atoms with Gasteiger partial charge in [0.05, 0.1) is 25.4 Å². The molecule has 0 saturated heterocycles. The van der Waals surface area contributed by atoms with Crippen LogP contribution in [-0.4, -0.2) is 47.4 Å². The van der Waals surface area contributed by atoms with Crippen LogP contribution in [0.5, 0.6) is 0 Å². The molecule has 0 heterocycles. The molecule has 0 aliphatic carbocycles. The molecule has 0 aliphatic heterocycles. The number of carbonyl (C=O) groups is 2. The summed E-state index contributed by atoms with van der Waals surface area (Å²) in [5.41, 5.74) is 0. The number of rotatable bonds is 54. The first-order valence-electron chi connectivity index (χ1n) is 29.1. The molecule has 2 unspecified atom stereocenters. The summed E-state index contributed by atoms with van der Waals surface area (Å²) in [6.07, 6.45) is 65.9. The van der Waals surface area contributed by atoms with Gasteiger partial charge >= 0.3 is 5.97 Å². The van der Waals surface area contributed by atoms with Crippen molar-refractivity contribution in [2.45, 2.75) is 328 Å². The number of carbonyl (C=O) groups excluding carboxylic acids is 2. The third kappa shape index (κ3) is 51.6. The molecule has 0 aliphatic rings. The van der Waals surface area contributed by atoms with Gasteiger partial charge in [-0.05, 0) is 77.0 Å². The summed E-state index contributed by atoms with van der Waals surface area (Å²) in [5.74, 6) is -0.0663. The quantitative estimate of drug-likeness (QED) is 0.0321. The molecule has 0 radical (unpaired) electrons. The van der Waals surface area contributed by atoms with Crippen molar-refractivity contribution in [1.82, 2.24) is 5.32 Å². The van der Waals surface area contributed by atoms with Crippen LogP contribution < -0.4 is 5.32 Å². The molecule has 0 spiro atoms. The molecule has 65 heavy (non-hydrogen) atoms. The highest BCUT2D eigenvalue weighted by Gasteiger charge is 2.20. The Morgan fingerprint density at radius 1 is 0.415 bits per heavy atom. The smallest absolute Gasteiger partial charge is 0.305 e. The van der Waals surface area contributed by atoms with Gasteiger partial charge in [-0.3, -0.25) is 9.59 Å². The number of allylic oxidation sites excluding steroid dienone is 4. The Morgan fingerprint density at radius 2 is 0.723 bits per heavy atom. The lowest BCUT2D eigenvalue weighted by Crippen LogP contribution is -2.45. The van der Waals surface area contributed by atoms with E-state index in [1.165, 1.54) is 212 Å². The van der Waals surface area contributed by atoms with E-state index in [1.807, 2.05) is 0 Å². The van der Waals surface area contributed by atoms with Gasteiger partial charge in [-0.2, -0.15) is 0 Å². The molecule has 3 N–H and O–H groups in total. The van der Waals surface area contributed by atoms with Gasteiger partial charge in [0.2, 0.25) is 5.91 Å². The van der Waals surface area contributed by atoms with Gasteiger partial charge in [-0.15, -0.1) is 0 Å². The SMILES string of the molecule is CCCCCCC/C=C\CCCCCCCC(=O)OCCCCCC/C=C\CCCCCCCCCC(=O)NC(CO)C(O)CCCCCCCCCCCCCCCCCCCCC. The van der Waals surface area contributed by atoms with Gasteiger partial charge in [0.1, 0.15) is 0 Å². The first-order chi connectivity index (χ1) is 32.0. The van der Waals surface area contributed by atoms with Crippen LogP contribution in [0.4, 0.5) is 0 Å². The number of nitrogens with one attached hydrogen (secondary N) is 1. The van der Waals surface area contributed by atoms with Crippen molar-refractivity contribution in [2.75, 3.05) is 13.2 Å². The predicted molar refractivity (Wildman–Crippen MR) is 283 cm³/mol. The molecule has 1 amide bonds. The van der Waals surface area contributed by atoms with Gasteiger partial charge in [0, 0.05) is 12.8 Å². The maximum Gasteiger partial charge on any atom is 0.305 e. The molecule has 0 rings (SSSR count). The van der Waals surface area contributed by atoms with E-state index in [-0.39, 0.29) is 18.5 Å². The number of hydrogen-bond acceptors (Lipinski definition) is 5. The topological polar surface area (TPSA) is 95.9 Å². The number of aliphatic hydroxyl groups is 2. The van der Waals surface area contributed by atoms with Crippen molar-refractivity contribution in [2.24, 2.45) is 0 Å². The van der Waals surface area contributed by atoms with Crippen molar-refractivity contribution in [3.63, 3.8) is 0 Å². The van der Waals surface area contributed by atoms with E-state index in [1.54, 1.807) is 0 Å². The van der Waals surface area contributed by atoms with E-state index < -0.39 is 12.1 Å². The molecule has 0 bridgehead atoms. The fourth-order valence-corrected chi connectivity index (χ4v) is 8.98. The maximum absolute atomic E-state index is 12.5. The molecule has 6 nitrogen and oxygen atoms in total. The summed E-state index contributed by atoms with van der Waals surface area (Å²) in [5, 5.41) is 23.3. The predicted octanol–water partition coefficient (Wildman–Crippen LogP) is 17.9. The largest absolute Gasteiger partial charge is 0.466 e. The summed E-state index contributed by atoms with van der Waals surface area (Å²) in [7, 11) is 0. The maximum atomic E-state index is 12.5. The Kier molecular flexibility index (Phi) is 53.5. The van der Waals surface area contributed by atoms with E-state index in [0.29, 0.717) is 25.9 Å². The summed E-state index contributed by atoms with van der Waals surface area (Å²) in [6.45, 7) is 4.92. The van der Waals surface area contributed by atoms with Crippen LogP contribution in [0.1, 0.15) is 316 Å². The average Bonchev–Trinajstić information content (AvgIpc) is 3.31. The summed E-state index contributed by atoms with van der Waals surface area (Å²) >= 11 is 0. The van der Waals surface area contributed by atoms with Crippen LogP contribution in [0.15, 0.2) is 24.3 Å². The second-order valence-electron chi connectivity index (χ2n) is 20.0. The second kappa shape index (κ2) is 54.9. The molecule has 0 aromatic heterocycles. The zero-order chi connectivity index (χ0) is 47.2. The summed E-state index contributed by atoms with van der Waals surface area (Å²) in [6, 6.07) is -0.553. The van der Waals surface area contributed by atoms with E-state index in [0.717, 1.165) is 70.6 Å². The standard InChI is InChI=1S/C59H113NO5/c1-3-5-7-9-11-13-15-17-19-20-21-22-24-27-31-35-39-43-47-51-57(62)56(55-61)60-58(63)52-48-44-40-36-32-28-25-23-26-30-34-38-42-46-50-54-65-59(64)53-49-45-41-37-33-29-18-16-14-12-10-8-6-4-2/h16,18,26,30,56-57,61-62H,3-15,17,19-25,27-29,31-55H2,1-2H3,(H,60,63)/b18-16-,30-26-. The Morgan fingerprint density at radius 3 is 1.09 bits per heavy atom. The molecule has 0 aromatic carbocycles. The fraction of sp³-hybridized carbons (Fsp3) is 0.898. The van der Waals surface area contributed by atoms with Crippen molar-refractivity contribution >= 4 is 11.9 Å². The second-order valence-corrected chi connectivity index (χ2v) is 20.0. The molecular formula is C59H113NO5. The highest BCUT2D eigenvalue weighted by Crippen LogP contribution is 2.17. The number of amides is 1. The van der Waals surface area contributed by atoms with Crippen LogP contribution in [0.25, 0.3) is 0 Å². The van der Waals surface area contributed by atoms with E-state index in [9.17, 15) is 19.8 Å². The molecule has 2 atom stereocenters. The third-order valence-electron chi connectivity index (χ3n) is 13.5. The minimum absolute atomic E-state index is 0.0181. The normalized spacial score (nSPS) is 12.7. The van der Waals surface area contributed by atoms with Gasteiger partial charge < -0.3 is 20.3 Å². The molecule has 0 aromatic rings. The Balaban J connectivity index is 3.48. The number of esters is 1. The van der Waals surface area contributed by atoms with Crippen LogP contribution in [0.3, 0.4) is 0 Å². The molecular weight excluding hydrogens is 803 g/mol. The fourth-order valence-electron chi connectivity index (χ4n) is 8.98. The van der Waals surface area contributed by atoms with Gasteiger partial charge in [0.25, 0.3) is 0 Å². The van der Waals surface area contributed by atoms with Gasteiger partial charge in [-0.25, -0.2) is 0 Å². The Hall–Kier alpha value is -1.66. The van der Waals surface area contributed by atoms with Crippen LogP contribution in [0.2, 0.25) is 0 Å². The highest BCUT2D eigenvalue weighted by atomic mass is 16.5. The monoisotopic (exact) mass is 916 g/mol. The Bertz CT molecular complexity index is 1010. The van der Waals surface area contributed by atoms with Crippen LogP contribution in [-0.2, 0) is 14.3 Å². The minimum Gasteiger partial charge on any atom is -0.466 e. The first-order valence-corrected chi connectivity index (χ1v) is 29.1. The lowest BCUT2D eigenvalue weighted by atomic mass is 10.0. The third-order valence-corrected chi connectivity index (χ3v) is 13.5. The Labute approximate surface area is 405 Å². The summed E-state index contributed by atoms with van der Waals surface area (Å²) < 4.78 is 5.45. The molecule has 0 fully saturated rings. The number of hydrogen-bond donors (Lipinski definition) is 3. The van der Waals surface area contributed by atoms with Crippen molar-refractivity contribution in [3.8, 4) is 0 Å². The molecule has 384 valence electrons. The number of unbranched alkanes of at least 4 members (excludes halogenated alkanes) is 39.